The molecule has 0 atom stereocenters. The predicted octanol–water partition coefficient (Wildman–Crippen LogP) is 0.0446. The molecule has 1 saturated carbocycles. The summed E-state index contributed by atoms with van der Waals surface area (Å²) in [6, 6.07) is 0. The SMILES string of the molecule is O=C1CC(C2CCOCC2)CC(=O)C1=CNCCN1CCN(CCO)CC1. The summed E-state index contributed by atoms with van der Waals surface area (Å²) in [6.07, 6.45) is 4.57. The van der Waals surface area contributed by atoms with Crippen LogP contribution in [0.15, 0.2) is 11.8 Å². The van der Waals surface area contributed by atoms with Crippen LogP contribution < -0.4 is 5.32 Å². The zero-order chi connectivity index (χ0) is 19.1. The van der Waals surface area contributed by atoms with E-state index in [1.807, 2.05) is 0 Å². The summed E-state index contributed by atoms with van der Waals surface area (Å²) in [5, 5.41) is 12.2. The molecule has 0 unspecified atom stereocenters. The van der Waals surface area contributed by atoms with Gasteiger partial charge in [0.2, 0.25) is 0 Å². The molecule has 3 rings (SSSR count). The Balaban J connectivity index is 1.39. The summed E-state index contributed by atoms with van der Waals surface area (Å²) in [5.74, 6) is 0.632. The van der Waals surface area contributed by atoms with E-state index < -0.39 is 0 Å². The molecule has 0 amide bonds. The second kappa shape index (κ2) is 10.3. The molecule has 2 heterocycles. The third-order valence-corrected chi connectivity index (χ3v) is 6.13. The van der Waals surface area contributed by atoms with Crippen molar-refractivity contribution in [3.05, 3.63) is 11.8 Å². The summed E-state index contributed by atoms with van der Waals surface area (Å²) in [4.78, 5) is 29.5. The molecule has 0 aromatic heterocycles. The third-order valence-electron chi connectivity index (χ3n) is 6.13. The van der Waals surface area contributed by atoms with E-state index in [0.29, 0.717) is 24.3 Å². The van der Waals surface area contributed by atoms with Crippen LogP contribution in [-0.4, -0.2) is 92.1 Å². The smallest absolute Gasteiger partial charge is 0.168 e. The highest BCUT2D eigenvalue weighted by molar-refractivity contribution is 6.21. The van der Waals surface area contributed by atoms with Crippen LogP contribution in [-0.2, 0) is 14.3 Å². The molecule has 0 spiro atoms. The van der Waals surface area contributed by atoms with E-state index in [9.17, 15) is 9.59 Å². The first-order valence-corrected chi connectivity index (χ1v) is 10.3. The Kier molecular flexibility index (Phi) is 7.81. The number of rotatable bonds is 7. The Bertz CT molecular complexity index is 517. The fraction of sp³-hybridized carbons (Fsp3) is 0.800. The van der Waals surface area contributed by atoms with Gasteiger partial charge in [-0.3, -0.25) is 19.4 Å². The average Bonchev–Trinajstić information content (AvgIpc) is 2.69. The van der Waals surface area contributed by atoms with Crippen molar-refractivity contribution in [1.29, 1.82) is 0 Å². The Hall–Kier alpha value is -1.28. The minimum atomic E-state index is -0.00661. The minimum absolute atomic E-state index is 0.00661. The molecule has 152 valence electrons. The van der Waals surface area contributed by atoms with Gasteiger partial charge in [-0.05, 0) is 24.7 Å². The van der Waals surface area contributed by atoms with E-state index in [1.54, 1.807) is 6.20 Å². The molecule has 7 heteroatoms. The monoisotopic (exact) mass is 379 g/mol. The fourth-order valence-corrected chi connectivity index (χ4v) is 4.38. The molecule has 0 aromatic rings. The van der Waals surface area contributed by atoms with Gasteiger partial charge in [0.05, 0.1) is 12.2 Å². The summed E-state index contributed by atoms with van der Waals surface area (Å²) in [6.45, 7) is 8.02. The van der Waals surface area contributed by atoms with Crippen LogP contribution in [0.2, 0.25) is 0 Å². The summed E-state index contributed by atoms with van der Waals surface area (Å²) in [7, 11) is 0. The highest BCUT2D eigenvalue weighted by Crippen LogP contribution is 2.34. The highest BCUT2D eigenvalue weighted by atomic mass is 16.5. The van der Waals surface area contributed by atoms with Crippen molar-refractivity contribution in [1.82, 2.24) is 15.1 Å². The molecular formula is C20H33N3O4. The normalized spacial score (nSPS) is 26.4. The van der Waals surface area contributed by atoms with Crippen LogP contribution in [0.1, 0.15) is 25.7 Å². The Morgan fingerprint density at radius 3 is 2.15 bits per heavy atom. The Morgan fingerprint density at radius 1 is 0.963 bits per heavy atom. The first-order chi connectivity index (χ1) is 13.2. The molecular weight excluding hydrogens is 346 g/mol. The minimum Gasteiger partial charge on any atom is -0.395 e. The number of ether oxygens (including phenoxy) is 1. The van der Waals surface area contributed by atoms with Crippen LogP contribution >= 0.6 is 0 Å². The number of nitrogens with one attached hydrogen (secondary N) is 1. The maximum atomic E-state index is 12.5. The van der Waals surface area contributed by atoms with E-state index in [1.165, 1.54) is 0 Å². The second-order valence-corrected chi connectivity index (χ2v) is 7.88. The zero-order valence-corrected chi connectivity index (χ0v) is 16.2. The van der Waals surface area contributed by atoms with Crippen LogP contribution in [0.4, 0.5) is 0 Å². The number of aliphatic hydroxyl groups excluding tert-OH is 1. The number of Topliss-reactive ketones (excluding diaryl/α,β-unsaturated/α-hetero) is 2. The maximum Gasteiger partial charge on any atom is 0.168 e. The lowest BCUT2D eigenvalue weighted by Crippen LogP contribution is -2.48. The van der Waals surface area contributed by atoms with Crippen LogP contribution in [0, 0.1) is 11.8 Å². The van der Waals surface area contributed by atoms with Crippen molar-refractivity contribution in [3.63, 3.8) is 0 Å². The van der Waals surface area contributed by atoms with Crippen LogP contribution in [0.5, 0.6) is 0 Å². The van der Waals surface area contributed by atoms with Crippen LogP contribution in [0.3, 0.4) is 0 Å². The predicted molar refractivity (Wildman–Crippen MR) is 102 cm³/mol. The molecule has 27 heavy (non-hydrogen) atoms. The molecule has 7 nitrogen and oxygen atoms in total. The molecule has 2 aliphatic heterocycles. The fourth-order valence-electron chi connectivity index (χ4n) is 4.38. The Labute approximate surface area is 161 Å². The number of piperazine rings is 1. The molecule has 1 aliphatic carbocycles. The Morgan fingerprint density at radius 2 is 1.56 bits per heavy atom. The van der Waals surface area contributed by atoms with E-state index in [2.05, 4.69) is 15.1 Å². The van der Waals surface area contributed by atoms with Crippen molar-refractivity contribution in [3.8, 4) is 0 Å². The quantitative estimate of drug-likeness (QED) is 0.367. The van der Waals surface area contributed by atoms with Crippen molar-refractivity contribution in [2.45, 2.75) is 25.7 Å². The van der Waals surface area contributed by atoms with Gasteiger partial charge in [0.15, 0.2) is 11.6 Å². The number of hydrogen-bond donors (Lipinski definition) is 2. The van der Waals surface area contributed by atoms with Gasteiger partial charge < -0.3 is 15.2 Å². The number of ketones is 2. The van der Waals surface area contributed by atoms with Gasteiger partial charge >= 0.3 is 0 Å². The third kappa shape index (κ3) is 5.85. The zero-order valence-electron chi connectivity index (χ0n) is 16.2. The van der Waals surface area contributed by atoms with Gasteiger partial charge in [-0.2, -0.15) is 0 Å². The number of hydrogen-bond acceptors (Lipinski definition) is 7. The van der Waals surface area contributed by atoms with Crippen molar-refractivity contribution >= 4 is 11.6 Å². The molecule has 0 aromatic carbocycles. The molecule has 2 N–H and O–H groups in total. The largest absolute Gasteiger partial charge is 0.395 e. The van der Waals surface area contributed by atoms with E-state index in [4.69, 9.17) is 9.84 Å². The summed E-state index contributed by atoms with van der Waals surface area (Å²) in [5.41, 5.74) is 0.353. The van der Waals surface area contributed by atoms with E-state index >= 15 is 0 Å². The molecule has 2 saturated heterocycles. The first kappa shape index (κ1) is 20.5. The second-order valence-electron chi connectivity index (χ2n) is 7.88. The van der Waals surface area contributed by atoms with E-state index in [0.717, 1.165) is 71.9 Å². The number of carbonyl (C=O) groups excluding carboxylic acids is 2. The number of carbonyl (C=O) groups is 2. The van der Waals surface area contributed by atoms with Gasteiger partial charge in [0, 0.05) is 78.1 Å². The average molecular weight is 380 g/mol. The molecule has 0 bridgehead atoms. The maximum absolute atomic E-state index is 12.5. The lowest BCUT2D eigenvalue weighted by Gasteiger charge is -2.34. The number of aliphatic hydroxyl groups is 1. The topological polar surface area (TPSA) is 82.1 Å². The summed E-state index contributed by atoms with van der Waals surface area (Å²) >= 11 is 0. The number of β-amino-alcohol motifs (C(OH)–C–C–N with tert-alkyl or cyclic N) is 1. The van der Waals surface area contributed by atoms with Crippen molar-refractivity contribution in [2.75, 3.05) is 65.6 Å². The van der Waals surface area contributed by atoms with Crippen molar-refractivity contribution < 1.29 is 19.4 Å². The first-order valence-electron chi connectivity index (χ1n) is 10.3. The standard InChI is InChI=1S/C20H33N3O4/c24-10-9-23-7-5-22(6-8-23)4-3-21-15-18-19(25)13-17(14-20(18)26)16-1-11-27-12-2-16/h15-17,21,24H,1-14H2. The number of allylic oxidation sites excluding steroid dienone is 1. The van der Waals surface area contributed by atoms with Gasteiger partial charge in [-0.25, -0.2) is 0 Å². The van der Waals surface area contributed by atoms with Gasteiger partial charge in [-0.15, -0.1) is 0 Å². The molecule has 3 fully saturated rings. The lowest BCUT2D eigenvalue weighted by molar-refractivity contribution is -0.126. The van der Waals surface area contributed by atoms with Crippen LogP contribution in [0.25, 0.3) is 0 Å². The molecule has 0 radical (unpaired) electrons. The lowest BCUT2D eigenvalue weighted by atomic mass is 9.74. The number of nitrogens with zero attached hydrogens (tertiary/aromatic N) is 2. The van der Waals surface area contributed by atoms with Gasteiger partial charge in [-0.1, -0.05) is 0 Å². The molecule has 3 aliphatic rings. The van der Waals surface area contributed by atoms with Gasteiger partial charge in [0.1, 0.15) is 0 Å². The van der Waals surface area contributed by atoms with E-state index in [-0.39, 0.29) is 24.1 Å². The van der Waals surface area contributed by atoms with Gasteiger partial charge in [0.25, 0.3) is 0 Å². The highest BCUT2D eigenvalue weighted by Gasteiger charge is 2.35. The van der Waals surface area contributed by atoms with Crippen molar-refractivity contribution in [2.24, 2.45) is 11.8 Å². The summed E-state index contributed by atoms with van der Waals surface area (Å²) < 4.78 is 5.39.